The van der Waals surface area contributed by atoms with E-state index in [9.17, 15) is 4.79 Å². The maximum absolute atomic E-state index is 11.2. The highest BCUT2D eigenvalue weighted by molar-refractivity contribution is 9.10. The van der Waals surface area contributed by atoms with Crippen molar-refractivity contribution in [1.29, 1.82) is 0 Å². The maximum Gasteiger partial charge on any atom is 0.147 e. The third kappa shape index (κ3) is 3.10. The van der Waals surface area contributed by atoms with Crippen LogP contribution in [0.15, 0.2) is 22.7 Å². The molecule has 0 amide bonds. The molecule has 4 heteroatoms. The number of rotatable bonds is 4. The Balaban J connectivity index is 2.83. The van der Waals surface area contributed by atoms with Gasteiger partial charge in [-0.2, -0.15) is 0 Å². The number of carbonyl (C=O) groups is 1. The van der Waals surface area contributed by atoms with Gasteiger partial charge in [-0.3, -0.25) is 4.79 Å². The van der Waals surface area contributed by atoms with Gasteiger partial charge >= 0.3 is 0 Å². The molecule has 0 spiro atoms. The van der Waals surface area contributed by atoms with Crippen molar-refractivity contribution in [2.24, 2.45) is 0 Å². The molecule has 1 aromatic carbocycles. The Morgan fingerprint density at radius 2 is 2.21 bits per heavy atom. The summed E-state index contributed by atoms with van der Waals surface area (Å²) in [7, 11) is 1.62. The fourth-order valence-corrected chi connectivity index (χ4v) is 1.75. The number of carbonyl (C=O) groups excluding carboxylic acids is 1. The molecule has 0 heterocycles. The second kappa shape index (κ2) is 5.51. The molecule has 0 atom stereocenters. The molecule has 0 aromatic heterocycles. The van der Waals surface area contributed by atoms with E-state index in [-0.39, 0.29) is 5.78 Å². The summed E-state index contributed by atoms with van der Waals surface area (Å²) < 4.78 is 5.97. The lowest BCUT2D eigenvalue weighted by molar-refractivity contribution is -0.115. The molecule has 0 N–H and O–H groups in total. The molecule has 0 radical (unpaired) electrons. The van der Waals surface area contributed by atoms with E-state index in [1.165, 1.54) is 0 Å². The summed E-state index contributed by atoms with van der Waals surface area (Å²) in [4.78, 5) is 11.2. The zero-order chi connectivity index (χ0) is 10.6. The first-order valence-corrected chi connectivity index (χ1v) is 5.99. The molecule has 14 heavy (non-hydrogen) atoms. The van der Waals surface area contributed by atoms with Gasteiger partial charge in [-0.1, -0.05) is 37.9 Å². The minimum absolute atomic E-state index is 0.163. The van der Waals surface area contributed by atoms with E-state index in [2.05, 4.69) is 31.9 Å². The van der Waals surface area contributed by atoms with Gasteiger partial charge in [0.15, 0.2) is 0 Å². The molecule has 2 nitrogen and oxygen atoms in total. The number of ether oxygens (including phenoxy) is 1. The Kier molecular flexibility index (Phi) is 4.62. The van der Waals surface area contributed by atoms with Crippen LogP contribution in [-0.2, 0) is 11.2 Å². The summed E-state index contributed by atoms with van der Waals surface area (Å²) in [5.74, 6) is 0.947. The van der Waals surface area contributed by atoms with Crippen LogP contribution in [0, 0.1) is 0 Å². The smallest absolute Gasteiger partial charge is 0.147 e. The standard InChI is InChI=1S/C10H10Br2O2/c1-14-9-3-2-7(10(12)5-9)4-8(13)6-11/h2-3,5H,4,6H2,1H3. The first-order chi connectivity index (χ1) is 6.67. The van der Waals surface area contributed by atoms with Crippen LogP contribution in [0.3, 0.4) is 0 Å². The highest BCUT2D eigenvalue weighted by atomic mass is 79.9. The zero-order valence-electron chi connectivity index (χ0n) is 7.72. The Morgan fingerprint density at radius 1 is 1.50 bits per heavy atom. The third-order valence-corrected chi connectivity index (χ3v) is 3.16. The fourth-order valence-electron chi connectivity index (χ4n) is 1.06. The number of hydrogen-bond acceptors (Lipinski definition) is 2. The number of ketones is 1. The van der Waals surface area contributed by atoms with Gasteiger partial charge in [0, 0.05) is 10.9 Å². The average Bonchev–Trinajstić information content (AvgIpc) is 2.20. The molecule has 1 rings (SSSR count). The molecule has 0 bridgehead atoms. The van der Waals surface area contributed by atoms with Crippen LogP contribution < -0.4 is 4.74 Å². The first-order valence-electron chi connectivity index (χ1n) is 4.07. The van der Waals surface area contributed by atoms with E-state index >= 15 is 0 Å². The predicted molar refractivity (Wildman–Crippen MR) is 63.2 cm³/mol. The quantitative estimate of drug-likeness (QED) is 0.797. The zero-order valence-corrected chi connectivity index (χ0v) is 10.9. The lowest BCUT2D eigenvalue weighted by Crippen LogP contribution is -2.03. The highest BCUT2D eigenvalue weighted by Gasteiger charge is 2.06. The van der Waals surface area contributed by atoms with Crippen molar-refractivity contribution >= 4 is 37.6 Å². The van der Waals surface area contributed by atoms with Gasteiger partial charge in [-0.05, 0) is 17.7 Å². The third-order valence-electron chi connectivity index (χ3n) is 1.80. The summed E-state index contributed by atoms with van der Waals surface area (Å²) >= 11 is 6.53. The van der Waals surface area contributed by atoms with E-state index in [1.807, 2.05) is 18.2 Å². The molecular weight excluding hydrogens is 312 g/mol. The Labute approximate surface area is 99.9 Å². The molecule has 0 fully saturated rings. The highest BCUT2D eigenvalue weighted by Crippen LogP contribution is 2.23. The van der Waals surface area contributed by atoms with Gasteiger partial charge in [0.25, 0.3) is 0 Å². The lowest BCUT2D eigenvalue weighted by atomic mass is 10.1. The minimum Gasteiger partial charge on any atom is -0.497 e. The number of hydrogen-bond donors (Lipinski definition) is 0. The fraction of sp³-hybridized carbons (Fsp3) is 0.300. The maximum atomic E-state index is 11.2. The van der Waals surface area contributed by atoms with Crippen molar-refractivity contribution in [3.05, 3.63) is 28.2 Å². The van der Waals surface area contributed by atoms with Crippen LogP contribution in [0.1, 0.15) is 5.56 Å². The predicted octanol–water partition coefficient (Wildman–Crippen LogP) is 2.96. The van der Waals surface area contributed by atoms with Crippen LogP contribution in [0.4, 0.5) is 0 Å². The van der Waals surface area contributed by atoms with Crippen LogP contribution in [0.25, 0.3) is 0 Å². The van der Waals surface area contributed by atoms with Crippen LogP contribution in [-0.4, -0.2) is 18.2 Å². The molecular formula is C10H10Br2O2. The molecule has 0 saturated heterocycles. The van der Waals surface area contributed by atoms with Crippen LogP contribution >= 0.6 is 31.9 Å². The second-order valence-corrected chi connectivity index (χ2v) is 4.22. The topological polar surface area (TPSA) is 26.3 Å². The van der Waals surface area contributed by atoms with Gasteiger partial charge in [-0.15, -0.1) is 0 Å². The number of methoxy groups -OCH3 is 1. The average molecular weight is 322 g/mol. The molecule has 0 aliphatic carbocycles. The summed E-state index contributed by atoms with van der Waals surface area (Å²) in [5, 5.41) is 0.394. The van der Waals surface area contributed by atoms with Crippen LogP contribution in [0.2, 0.25) is 0 Å². The Hall–Kier alpha value is -0.350. The van der Waals surface area contributed by atoms with E-state index < -0.39 is 0 Å². The van der Waals surface area contributed by atoms with Crippen molar-refractivity contribution in [2.75, 3.05) is 12.4 Å². The largest absolute Gasteiger partial charge is 0.497 e. The normalized spacial score (nSPS) is 9.93. The van der Waals surface area contributed by atoms with E-state index in [0.717, 1.165) is 15.8 Å². The van der Waals surface area contributed by atoms with Crippen LogP contribution in [0.5, 0.6) is 5.75 Å². The summed E-state index contributed by atoms with van der Waals surface area (Å²) in [6, 6.07) is 5.60. The van der Waals surface area contributed by atoms with Gasteiger partial charge in [-0.25, -0.2) is 0 Å². The molecule has 0 saturated carbocycles. The SMILES string of the molecule is COc1ccc(CC(=O)CBr)c(Br)c1. The number of halogens is 2. The van der Waals surface area contributed by atoms with Gasteiger partial charge in [0.05, 0.1) is 12.4 Å². The second-order valence-electron chi connectivity index (χ2n) is 2.81. The summed E-state index contributed by atoms with van der Waals surface area (Å²) in [6.07, 6.45) is 0.440. The molecule has 0 unspecified atom stereocenters. The molecule has 0 aliphatic rings. The van der Waals surface area contributed by atoms with Crippen molar-refractivity contribution in [2.45, 2.75) is 6.42 Å². The summed E-state index contributed by atoms with van der Waals surface area (Å²) in [6.45, 7) is 0. The number of benzene rings is 1. The first kappa shape index (κ1) is 11.7. The monoisotopic (exact) mass is 320 g/mol. The summed E-state index contributed by atoms with van der Waals surface area (Å²) in [5.41, 5.74) is 0.982. The lowest BCUT2D eigenvalue weighted by Gasteiger charge is -2.05. The van der Waals surface area contributed by atoms with Crippen molar-refractivity contribution < 1.29 is 9.53 Å². The molecule has 0 aliphatic heterocycles. The number of Topliss-reactive ketones (excluding diaryl/α,β-unsaturated/α-hetero) is 1. The Bertz CT molecular complexity index is 337. The van der Waals surface area contributed by atoms with Crippen molar-refractivity contribution in [1.82, 2.24) is 0 Å². The number of alkyl halides is 1. The molecule has 76 valence electrons. The van der Waals surface area contributed by atoms with E-state index in [4.69, 9.17) is 4.74 Å². The van der Waals surface area contributed by atoms with Gasteiger partial charge < -0.3 is 4.74 Å². The van der Waals surface area contributed by atoms with Gasteiger partial charge in [0.1, 0.15) is 11.5 Å². The van der Waals surface area contributed by atoms with E-state index in [1.54, 1.807) is 7.11 Å². The van der Waals surface area contributed by atoms with Gasteiger partial charge in [0.2, 0.25) is 0 Å². The van der Waals surface area contributed by atoms with Crippen molar-refractivity contribution in [3.63, 3.8) is 0 Å². The molecule has 1 aromatic rings. The Morgan fingerprint density at radius 3 is 2.71 bits per heavy atom. The van der Waals surface area contributed by atoms with E-state index in [0.29, 0.717) is 11.8 Å². The van der Waals surface area contributed by atoms with Crippen molar-refractivity contribution in [3.8, 4) is 5.75 Å². The minimum atomic E-state index is 0.163.